The van der Waals surface area contributed by atoms with Gasteiger partial charge in [0.1, 0.15) is 11.6 Å². The average Bonchev–Trinajstić information content (AvgIpc) is 2.78. The summed E-state index contributed by atoms with van der Waals surface area (Å²) in [6.45, 7) is 3.37. The molecule has 0 aromatic heterocycles. The van der Waals surface area contributed by atoms with Crippen molar-refractivity contribution in [2.75, 3.05) is 32.7 Å². The average molecular weight is 467 g/mol. The van der Waals surface area contributed by atoms with Gasteiger partial charge in [0.05, 0.1) is 0 Å². The molecule has 1 heterocycles. The van der Waals surface area contributed by atoms with Crippen molar-refractivity contribution in [3.63, 3.8) is 0 Å². The fraction of sp³-hybridized carbons (Fsp3) is 0.391. The van der Waals surface area contributed by atoms with Crippen LogP contribution in [0.1, 0.15) is 28.8 Å². The molecule has 1 aliphatic rings. The second-order valence-electron chi connectivity index (χ2n) is 7.72. The number of rotatable bonds is 8. The first-order valence-corrected chi connectivity index (χ1v) is 10.6. The molecule has 0 spiro atoms. The number of carbonyl (C=O) groups excluding carboxylic acids is 2. The third-order valence-corrected chi connectivity index (χ3v) is 5.25. The molecule has 10 heteroatoms. The van der Waals surface area contributed by atoms with Gasteiger partial charge in [-0.05, 0) is 48.4 Å². The third-order valence-electron chi connectivity index (χ3n) is 5.25. The maximum Gasteiger partial charge on any atom is 0.573 e. The molecule has 1 aliphatic heterocycles. The summed E-state index contributed by atoms with van der Waals surface area (Å²) in [5.41, 5.74) is 1.22. The molecule has 2 aromatic rings. The summed E-state index contributed by atoms with van der Waals surface area (Å²) in [7, 11) is 0. The van der Waals surface area contributed by atoms with E-state index in [4.69, 9.17) is 0 Å². The van der Waals surface area contributed by atoms with Crippen molar-refractivity contribution in [1.82, 2.24) is 15.1 Å². The van der Waals surface area contributed by atoms with E-state index in [9.17, 15) is 27.2 Å². The molecule has 1 fully saturated rings. The largest absolute Gasteiger partial charge is 0.573 e. The topological polar surface area (TPSA) is 61.9 Å². The normalized spacial score (nSPS) is 14.7. The van der Waals surface area contributed by atoms with Crippen LogP contribution in [-0.4, -0.2) is 60.7 Å². The summed E-state index contributed by atoms with van der Waals surface area (Å²) < 4.78 is 53.5. The number of hydrogen-bond donors (Lipinski definition) is 1. The number of halogens is 4. The van der Waals surface area contributed by atoms with Crippen molar-refractivity contribution in [3.8, 4) is 5.75 Å². The summed E-state index contributed by atoms with van der Waals surface area (Å²) in [6, 6.07) is 11.0. The van der Waals surface area contributed by atoms with Crippen LogP contribution in [0.4, 0.5) is 17.6 Å². The maximum absolute atomic E-state index is 12.9. The predicted octanol–water partition coefficient (Wildman–Crippen LogP) is 3.58. The number of amides is 2. The van der Waals surface area contributed by atoms with E-state index in [-0.39, 0.29) is 17.6 Å². The number of nitrogens with one attached hydrogen (secondary N) is 1. The van der Waals surface area contributed by atoms with Gasteiger partial charge in [-0.3, -0.25) is 14.5 Å². The van der Waals surface area contributed by atoms with Gasteiger partial charge in [-0.15, -0.1) is 13.2 Å². The Morgan fingerprint density at radius 2 is 1.58 bits per heavy atom. The number of benzene rings is 2. The Balaban J connectivity index is 1.33. The molecule has 0 aliphatic carbocycles. The van der Waals surface area contributed by atoms with Crippen LogP contribution >= 0.6 is 0 Å². The van der Waals surface area contributed by atoms with Gasteiger partial charge in [0.15, 0.2) is 0 Å². The highest BCUT2D eigenvalue weighted by molar-refractivity contribution is 5.94. The lowest BCUT2D eigenvalue weighted by atomic mass is 10.1. The van der Waals surface area contributed by atoms with Crippen LogP contribution in [0.5, 0.6) is 5.75 Å². The quantitative estimate of drug-likeness (QED) is 0.476. The SMILES string of the molecule is O=C(NCCCC(=O)N1CCN(Cc2ccc(OC(F)(F)F)cc2)CC1)c1ccc(F)cc1. The zero-order valence-corrected chi connectivity index (χ0v) is 17.9. The van der Waals surface area contributed by atoms with Gasteiger partial charge in [0.2, 0.25) is 5.91 Å². The van der Waals surface area contributed by atoms with Crippen LogP contribution in [0.25, 0.3) is 0 Å². The zero-order chi connectivity index (χ0) is 23.8. The van der Waals surface area contributed by atoms with Crippen LogP contribution in [0, 0.1) is 5.82 Å². The Bertz CT molecular complexity index is 925. The van der Waals surface area contributed by atoms with E-state index < -0.39 is 12.2 Å². The van der Waals surface area contributed by atoms with Crippen molar-refractivity contribution in [1.29, 1.82) is 0 Å². The maximum atomic E-state index is 12.9. The van der Waals surface area contributed by atoms with Crippen molar-refractivity contribution in [3.05, 3.63) is 65.5 Å². The van der Waals surface area contributed by atoms with E-state index in [1.54, 1.807) is 17.0 Å². The summed E-state index contributed by atoms with van der Waals surface area (Å²) >= 11 is 0. The molecule has 2 amide bonds. The highest BCUT2D eigenvalue weighted by Gasteiger charge is 2.31. The highest BCUT2D eigenvalue weighted by Crippen LogP contribution is 2.23. The highest BCUT2D eigenvalue weighted by atomic mass is 19.4. The van der Waals surface area contributed by atoms with Crippen molar-refractivity contribution >= 4 is 11.8 Å². The summed E-state index contributed by atoms with van der Waals surface area (Å²) in [5.74, 6) is -0.963. The summed E-state index contributed by atoms with van der Waals surface area (Å²) in [6.07, 6.45) is -3.90. The van der Waals surface area contributed by atoms with Gasteiger partial charge in [-0.1, -0.05) is 12.1 Å². The molecule has 1 saturated heterocycles. The van der Waals surface area contributed by atoms with E-state index in [2.05, 4.69) is 15.0 Å². The Morgan fingerprint density at radius 1 is 0.939 bits per heavy atom. The van der Waals surface area contributed by atoms with Crippen LogP contribution in [-0.2, 0) is 11.3 Å². The molecular formula is C23H25F4N3O3. The minimum Gasteiger partial charge on any atom is -0.406 e. The lowest BCUT2D eigenvalue weighted by Gasteiger charge is -2.34. The Hall–Kier alpha value is -3.14. The lowest BCUT2D eigenvalue weighted by Crippen LogP contribution is -2.48. The second-order valence-corrected chi connectivity index (χ2v) is 7.72. The van der Waals surface area contributed by atoms with Crippen LogP contribution in [0.15, 0.2) is 48.5 Å². The number of nitrogens with zero attached hydrogens (tertiary/aromatic N) is 2. The lowest BCUT2D eigenvalue weighted by molar-refractivity contribution is -0.274. The smallest absolute Gasteiger partial charge is 0.406 e. The molecule has 0 atom stereocenters. The summed E-state index contributed by atoms with van der Waals surface area (Å²) in [4.78, 5) is 28.3. The van der Waals surface area contributed by atoms with Gasteiger partial charge in [-0.25, -0.2) is 4.39 Å². The van der Waals surface area contributed by atoms with E-state index in [0.717, 1.165) is 5.56 Å². The molecule has 6 nitrogen and oxygen atoms in total. The minimum atomic E-state index is -4.71. The molecular weight excluding hydrogens is 442 g/mol. The van der Waals surface area contributed by atoms with E-state index in [0.29, 0.717) is 57.7 Å². The van der Waals surface area contributed by atoms with Crippen LogP contribution in [0.3, 0.4) is 0 Å². The first-order chi connectivity index (χ1) is 15.7. The number of carbonyl (C=O) groups is 2. The van der Waals surface area contributed by atoms with Crippen molar-refractivity contribution < 1.29 is 31.9 Å². The van der Waals surface area contributed by atoms with E-state index >= 15 is 0 Å². The predicted molar refractivity (Wildman–Crippen MR) is 113 cm³/mol. The fourth-order valence-corrected chi connectivity index (χ4v) is 3.51. The van der Waals surface area contributed by atoms with Gasteiger partial charge in [0.25, 0.3) is 5.91 Å². The molecule has 1 N–H and O–H groups in total. The van der Waals surface area contributed by atoms with Crippen LogP contribution < -0.4 is 10.1 Å². The number of ether oxygens (including phenoxy) is 1. The van der Waals surface area contributed by atoms with Gasteiger partial charge in [-0.2, -0.15) is 0 Å². The fourth-order valence-electron chi connectivity index (χ4n) is 3.51. The monoisotopic (exact) mass is 467 g/mol. The molecule has 0 bridgehead atoms. The van der Waals surface area contributed by atoms with Crippen molar-refractivity contribution in [2.45, 2.75) is 25.7 Å². The molecule has 3 rings (SSSR count). The first kappa shape index (κ1) is 24.5. The van der Waals surface area contributed by atoms with Gasteiger partial charge in [0, 0.05) is 51.3 Å². The Labute approximate surface area is 189 Å². The standard InChI is InChI=1S/C23H25F4N3O3/c24-19-7-5-18(6-8-19)22(32)28-11-1-2-21(31)30-14-12-29(13-15-30)16-17-3-9-20(10-4-17)33-23(25,26)27/h3-10H,1-2,11-16H2,(H,28,32). The Morgan fingerprint density at radius 3 is 2.18 bits per heavy atom. The minimum absolute atomic E-state index is 0.0133. The van der Waals surface area contributed by atoms with Gasteiger partial charge >= 0.3 is 6.36 Å². The molecule has 2 aromatic carbocycles. The van der Waals surface area contributed by atoms with Crippen molar-refractivity contribution in [2.24, 2.45) is 0 Å². The Kier molecular flexibility index (Phi) is 8.26. The molecule has 33 heavy (non-hydrogen) atoms. The van der Waals surface area contributed by atoms with Crippen LogP contribution in [0.2, 0.25) is 0 Å². The number of hydrogen-bond acceptors (Lipinski definition) is 4. The molecule has 0 saturated carbocycles. The second kappa shape index (κ2) is 11.1. The zero-order valence-electron chi connectivity index (χ0n) is 17.9. The molecule has 0 radical (unpaired) electrons. The first-order valence-electron chi connectivity index (χ1n) is 10.6. The van der Waals surface area contributed by atoms with E-state index in [1.807, 2.05) is 0 Å². The number of alkyl halides is 3. The molecule has 178 valence electrons. The summed E-state index contributed by atoms with van der Waals surface area (Å²) in [5, 5.41) is 2.72. The van der Waals surface area contributed by atoms with Gasteiger partial charge < -0.3 is 15.0 Å². The number of piperazine rings is 1. The van der Waals surface area contributed by atoms with E-state index in [1.165, 1.54) is 36.4 Å². The third kappa shape index (κ3) is 8.05. The molecule has 0 unspecified atom stereocenters.